The van der Waals surface area contributed by atoms with Crippen LogP contribution < -0.4 is 15.6 Å². The summed E-state index contributed by atoms with van der Waals surface area (Å²) >= 11 is 0. The second-order valence-corrected chi connectivity index (χ2v) is 7.05. The second-order valence-electron chi connectivity index (χ2n) is 7.05. The fraction of sp³-hybridized carbons (Fsp3) is 0.350. The smallest absolute Gasteiger partial charge is 0.404 e. The van der Waals surface area contributed by atoms with Crippen molar-refractivity contribution in [3.63, 3.8) is 0 Å². The zero-order valence-electron chi connectivity index (χ0n) is 15.6. The monoisotopic (exact) mass is 369 g/mol. The number of nitrogens with zero attached hydrogens (tertiary/aromatic N) is 2. The first-order valence-corrected chi connectivity index (χ1v) is 8.85. The number of aryl methyl sites for hydroxylation is 1. The maximum Gasteiger partial charge on any atom is 0.404 e. The van der Waals surface area contributed by atoms with Crippen molar-refractivity contribution in [1.29, 1.82) is 0 Å². The van der Waals surface area contributed by atoms with Crippen LogP contribution >= 0.6 is 0 Å². The van der Waals surface area contributed by atoms with Gasteiger partial charge in [-0.1, -0.05) is 13.8 Å². The molecule has 2 heterocycles. The minimum absolute atomic E-state index is 0.118. The summed E-state index contributed by atoms with van der Waals surface area (Å²) in [6.07, 6.45) is 2.86. The number of hydrogen-bond donors (Lipinski definition) is 2. The fourth-order valence-corrected chi connectivity index (χ4v) is 3.31. The molecule has 142 valence electrons. The van der Waals surface area contributed by atoms with Gasteiger partial charge in [-0.15, -0.1) is 0 Å². The molecule has 0 saturated carbocycles. The number of fused-ring (bicyclic) bond motifs is 3. The predicted molar refractivity (Wildman–Crippen MR) is 104 cm³/mol. The number of nitrogens with one attached hydrogen (secondary N) is 1. The van der Waals surface area contributed by atoms with E-state index in [9.17, 15) is 9.59 Å². The lowest BCUT2D eigenvalue weighted by atomic mass is 10.0. The van der Waals surface area contributed by atoms with Crippen molar-refractivity contribution in [2.45, 2.75) is 26.3 Å². The van der Waals surface area contributed by atoms with Crippen molar-refractivity contribution in [2.24, 2.45) is 13.0 Å². The number of hydrogen-bond acceptors (Lipinski definition) is 4. The van der Waals surface area contributed by atoms with Gasteiger partial charge in [-0.25, -0.2) is 4.79 Å². The molecule has 0 aliphatic heterocycles. The summed E-state index contributed by atoms with van der Waals surface area (Å²) in [4.78, 5) is 27.6. The normalized spacial score (nSPS) is 12.4. The van der Waals surface area contributed by atoms with Gasteiger partial charge in [0.05, 0.1) is 16.9 Å². The van der Waals surface area contributed by atoms with E-state index in [-0.39, 0.29) is 18.2 Å². The topological polar surface area (TPSA) is 93.5 Å². The Bertz CT molecular complexity index is 1040. The molecule has 0 saturated heterocycles. The fourth-order valence-electron chi connectivity index (χ4n) is 3.31. The molecule has 0 bridgehead atoms. The van der Waals surface area contributed by atoms with Gasteiger partial charge < -0.3 is 19.7 Å². The van der Waals surface area contributed by atoms with Gasteiger partial charge in [0.15, 0.2) is 0 Å². The van der Waals surface area contributed by atoms with E-state index in [1.165, 1.54) is 0 Å². The molecule has 27 heavy (non-hydrogen) atoms. The van der Waals surface area contributed by atoms with E-state index in [2.05, 4.69) is 10.3 Å². The number of pyridine rings is 2. The van der Waals surface area contributed by atoms with E-state index in [4.69, 9.17) is 9.84 Å². The molecule has 1 atom stereocenters. The maximum absolute atomic E-state index is 12.6. The molecule has 0 fully saturated rings. The first-order valence-electron chi connectivity index (χ1n) is 8.85. The second kappa shape index (κ2) is 7.65. The summed E-state index contributed by atoms with van der Waals surface area (Å²) in [5.41, 5.74) is 0.635. The van der Waals surface area contributed by atoms with E-state index in [1.54, 1.807) is 24.0 Å². The number of amides is 1. The molecular formula is C20H23N3O4. The number of carbonyl (C=O) groups is 1. The first-order chi connectivity index (χ1) is 12.9. The highest BCUT2D eigenvalue weighted by molar-refractivity contribution is 6.05. The van der Waals surface area contributed by atoms with Crippen molar-refractivity contribution >= 4 is 27.8 Å². The molecule has 7 nitrogen and oxygen atoms in total. The van der Waals surface area contributed by atoms with Crippen molar-refractivity contribution in [2.75, 3.05) is 6.61 Å². The zero-order chi connectivity index (χ0) is 19.6. The average Bonchev–Trinajstić information content (AvgIpc) is 2.63. The van der Waals surface area contributed by atoms with E-state index in [1.807, 2.05) is 38.1 Å². The summed E-state index contributed by atoms with van der Waals surface area (Å²) in [6, 6.07) is 7.08. The van der Waals surface area contributed by atoms with Crippen LogP contribution in [0.1, 0.15) is 20.3 Å². The molecule has 0 aliphatic rings. The van der Waals surface area contributed by atoms with Crippen LogP contribution in [0.25, 0.3) is 21.7 Å². The molecule has 2 aromatic heterocycles. The Morgan fingerprint density at radius 2 is 2.04 bits per heavy atom. The minimum Gasteiger partial charge on any atom is -0.491 e. The van der Waals surface area contributed by atoms with Gasteiger partial charge in [0.25, 0.3) is 5.56 Å². The molecule has 1 amide bonds. The number of ether oxygens (including phenoxy) is 1. The van der Waals surface area contributed by atoms with Crippen LogP contribution in [0.3, 0.4) is 0 Å². The van der Waals surface area contributed by atoms with Gasteiger partial charge >= 0.3 is 6.09 Å². The Morgan fingerprint density at radius 3 is 2.74 bits per heavy atom. The van der Waals surface area contributed by atoms with E-state index in [0.29, 0.717) is 23.5 Å². The highest BCUT2D eigenvalue weighted by Crippen LogP contribution is 2.25. The van der Waals surface area contributed by atoms with Crippen LogP contribution in [-0.2, 0) is 7.05 Å². The summed E-state index contributed by atoms with van der Waals surface area (Å²) in [5, 5.41) is 13.8. The van der Waals surface area contributed by atoms with Crippen LogP contribution in [0.4, 0.5) is 4.79 Å². The number of aromatic nitrogens is 2. The lowest BCUT2D eigenvalue weighted by Gasteiger charge is -2.20. The van der Waals surface area contributed by atoms with E-state index < -0.39 is 6.09 Å². The summed E-state index contributed by atoms with van der Waals surface area (Å²) < 4.78 is 7.41. The van der Waals surface area contributed by atoms with Crippen molar-refractivity contribution in [1.82, 2.24) is 14.9 Å². The van der Waals surface area contributed by atoms with Crippen LogP contribution in [0.2, 0.25) is 0 Å². The molecule has 1 aromatic carbocycles. The lowest BCUT2D eigenvalue weighted by molar-refractivity contribution is 0.176. The Labute approximate surface area is 156 Å². The lowest BCUT2D eigenvalue weighted by Crippen LogP contribution is -2.39. The van der Waals surface area contributed by atoms with Crippen LogP contribution in [0.15, 0.2) is 41.5 Å². The highest BCUT2D eigenvalue weighted by Gasteiger charge is 2.15. The van der Waals surface area contributed by atoms with Crippen molar-refractivity contribution in [3.8, 4) is 5.75 Å². The van der Waals surface area contributed by atoms with Gasteiger partial charge in [0.1, 0.15) is 12.4 Å². The zero-order valence-corrected chi connectivity index (χ0v) is 15.6. The van der Waals surface area contributed by atoms with Gasteiger partial charge in [-0.3, -0.25) is 9.78 Å². The Balaban J connectivity index is 1.92. The van der Waals surface area contributed by atoms with Gasteiger partial charge in [-0.05, 0) is 35.9 Å². The number of rotatable bonds is 6. The van der Waals surface area contributed by atoms with Crippen molar-refractivity contribution in [3.05, 3.63) is 47.0 Å². The van der Waals surface area contributed by atoms with Gasteiger partial charge in [0.2, 0.25) is 0 Å². The summed E-state index contributed by atoms with van der Waals surface area (Å²) in [5.74, 6) is 0.926. The van der Waals surface area contributed by atoms with Crippen molar-refractivity contribution < 1.29 is 14.6 Å². The van der Waals surface area contributed by atoms with E-state index >= 15 is 0 Å². The predicted octanol–water partition coefficient (Wildman–Crippen LogP) is 3.15. The molecule has 2 N–H and O–H groups in total. The largest absolute Gasteiger partial charge is 0.491 e. The molecule has 0 radical (unpaired) electrons. The molecule has 1 unspecified atom stereocenters. The first kappa shape index (κ1) is 18.7. The SMILES string of the molecule is CC(C)CC(COc1ccc2c3ccncc3c(=O)n(C)c2c1)NC(=O)O. The molecule has 7 heteroatoms. The third-order valence-corrected chi connectivity index (χ3v) is 4.51. The molecular weight excluding hydrogens is 346 g/mol. The number of benzene rings is 1. The van der Waals surface area contributed by atoms with Crippen LogP contribution in [0.5, 0.6) is 5.75 Å². The van der Waals surface area contributed by atoms with Gasteiger partial charge in [-0.2, -0.15) is 0 Å². The third kappa shape index (κ3) is 4.02. The molecule has 0 spiro atoms. The molecule has 3 rings (SSSR count). The Hall–Kier alpha value is -3.09. The Kier molecular flexibility index (Phi) is 5.30. The van der Waals surface area contributed by atoms with Gasteiger partial charge in [0, 0.05) is 30.9 Å². The minimum atomic E-state index is -1.06. The Morgan fingerprint density at radius 1 is 1.26 bits per heavy atom. The third-order valence-electron chi connectivity index (χ3n) is 4.51. The van der Waals surface area contributed by atoms with Crippen LogP contribution in [-0.4, -0.2) is 33.4 Å². The molecule has 0 aliphatic carbocycles. The molecule has 3 aromatic rings. The summed E-state index contributed by atoms with van der Waals surface area (Å²) in [7, 11) is 1.72. The van der Waals surface area contributed by atoms with Crippen LogP contribution in [0, 0.1) is 5.92 Å². The average molecular weight is 369 g/mol. The summed E-state index contributed by atoms with van der Waals surface area (Å²) in [6.45, 7) is 4.28. The van der Waals surface area contributed by atoms with E-state index in [0.717, 1.165) is 16.3 Å². The maximum atomic E-state index is 12.6. The number of carboxylic acid groups (broad SMARTS) is 1. The highest BCUT2D eigenvalue weighted by atomic mass is 16.5. The quantitative estimate of drug-likeness (QED) is 0.651. The standard InChI is InChI=1S/C20H23N3O4/c1-12(2)8-13(22-20(25)26)11-27-14-4-5-16-15-6-7-21-10-17(15)19(24)23(3)18(16)9-14/h4-7,9-10,12-13,22H,8,11H2,1-3H3,(H,25,26).